The summed E-state index contributed by atoms with van der Waals surface area (Å²) in [7, 11) is 1.49. The summed E-state index contributed by atoms with van der Waals surface area (Å²) in [6.45, 7) is 7.24. The van der Waals surface area contributed by atoms with Gasteiger partial charge in [0.15, 0.2) is 0 Å². The van der Waals surface area contributed by atoms with E-state index in [9.17, 15) is 14.7 Å². The van der Waals surface area contributed by atoms with E-state index in [0.29, 0.717) is 35.5 Å². The summed E-state index contributed by atoms with van der Waals surface area (Å²) < 4.78 is 18.6. The highest BCUT2D eigenvalue weighted by atomic mass is 35.5. The van der Waals surface area contributed by atoms with Crippen LogP contribution in [0.3, 0.4) is 0 Å². The van der Waals surface area contributed by atoms with E-state index in [1.54, 1.807) is 60.7 Å². The number of likely N-dealkylation sites (tertiary alicyclic amines) is 1. The molecule has 55 heavy (non-hydrogen) atoms. The maximum Gasteiger partial charge on any atom is 0.313 e. The molecule has 3 aromatic rings. The predicted octanol–water partition coefficient (Wildman–Crippen LogP) is 5.22. The van der Waals surface area contributed by atoms with Crippen molar-refractivity contribution in [3.63, 3.8) is 0 Å². The fourth-order valence-corrected chi connectivity index (χ4v) is 8.79. The van der Waals surface area contributed by atoms with Gasteiger partial charge in [-0.2, -0.15) is 0 Å². The Kier molecular flexibility index (Phi) is 12.9. The number of carbonyl (C=O) groups is 4. The number of aliphatic hydroxyl groups excluding tert-OH is 1. The van der Waals surface area contributed by atoms with Crippen LogP contribution in [-0.4, -0.2) is 90.4 Å². The summed E-state index contributed by atoms with van der Waals surface area (Å²) in [5.74, 6) is -4.05. The van der Waals surface area contributed by atoms with Gasteiger partial charge in [0.05, 0.1) is 53.9 Å². The van der Waals surface area contributed by atoms with Crippen molar-refractivity contribution in [3.05, 3.63) is 126 Å². The molecule has 2 bridgehead atoms. The zero-order valence-electron chi connectivity index (χ0n) is 30.9. The molecule has 0 aromatic heterocycles. The second kappa shape index (κ2) is 17.8. The molecule has 6 rings (SSSR count). The van der Waals surface area contributed by atoms with Gasteiger partial charge in [-0.3, -0.25) is 19.2 Å². The van der Waals surface area contributed by atoms with Crippen molar-refractivity contribution in [1.82, 2.24) is 10.2 Å². The van der Waals surface area contributed by atoms with Gasteiger partial charge in [-0.25, -0.2) is 0 Å². The maximum absolute atomic E-state index is 15.1. The highest BCUT2D eigenvalue weighted by Crippen LogP contribution is 2.59. The number of rotatable bonds is 18. The number of benzene rings is 3. The molecule has 0 unspecified atom stereocenters. The molecule has 3 fully saturated rings. The quantitative estimate of drug-likeness (QED) is 0.133. The van der Waals surface area contributed by atoms with Crippen LogP contribution >= 0.6 is 11.6 Å². The van der Waals surface area contributed by atoms with Crippen LogP contribution < -0.4 is 10.2 Å². The molecule has 0 aliphatic carbocycles. The SMILES string of the molecule is C=CCCC(=O)N[C@@H](COC)[C@@H](OC(=O)[C@@H]1[C@@H]2CC[C@]3(O2)[C@H](C(=O)N(CC=C)c2ccccc2Cl)N([C@@H](CO)Cc2ccccc2)C(=O)[C@@H]13)c1ccccc1. The molecule has 8 atom stereocenters. The molecule has 3 saturated heterocycles. The van der Waals surface area contributed by atoms with Crippen molar-refractivity contribution >= 4 is 41.0 Å². The van der Waals surface area contributed by atoms with Crippen LogP contribution in [0.2, 0.25) is 5.02 Å². The number of hydrogen-bond acceptors (Lipinski definition) is 8. The second-order valence-electron chi connectivity index (χ2n) is 14.2. The molecule has 3 amide bonds. The number of hydrogen-bond donors (Lipinski definition) is 2. The first-order valence-electron chi connectivity index (χ1n) is 18.6. The number of fused-ring (bicyclic) bond motifs is 1. The van der Waals surface area contributed by atoms with Crippen LogP contribution in [0.25, 0.3) is 0 Å². The molecule has 2 N–H and O–H groups in total. The predicted molar refractivity (Wildman–Crippen MR) is 208 cm³/mol. The topological polar surface area (TPSA) is 135 Å². The van der Waals surface area contributed by atoms with Gasteiger partial charge in [0.25, 0.3) is 5.91 Å². The van der Waals surface area contributed by atoms with Gasteiger partial charge in [-0.05, 0) is 48.9 Å². The van der Waals surface area contributed by atoms with E-state index in [4.69, 9.17) is 25.8 Å². The maximum atomic E-state index is 15.1. The van der Waals surface area contributed by atoms with Gasteiger partial charge in [0.2, 0.25) is 11.8 Å². The lowest BCUT2D eigenvalue weighted by molar-refractivity contribution is -0.163. The smallest absolute Gasteiger partial charge is 0.313 e. The van der Waals surface area contributed by atoms with Gasteiger partial charge in [-0.1, -0.05) is 96.5 Å². The Morgan fingerprint density at radius 1 is 1.05 bits per heavy atom. The zero-order valence-corrected chi connectivity index (χ0v) is 31.7. The highest BCUT2D eigenvalue weighted by molar-refractivity contribution is 6.34. The Morgan fingerprint density at radius 2 is 1.75 bits per heavy atom. The standard InChI is InChI=1S/C43H48ClN3O8/c1-4-6-21-35(49)45-32(27-53-3)38(29-17-11-8-12-18-29)54-42(52)36-34-22-23-43(55-34)37(36)40(50)47(30(26-48)25-28-15-9-7-10-16-28)39(43)41(51)46(24-5-2)33-20-14-13-19-31(33)44/h4-5,7-20,30,32,34,36-39,48H,1-2,6,21-27H2,3H3,(H,45,49)/t30-,32+,34+,36-,37-,38+,39+,43-/m1/s1. The zero-order chi connectivity index (χ0) is 39.1. The average Bonchev–Trinajstić information content (AvgIpc) is 3.85. The van der Waals surface area contributed by atoms with E-state index >= 15 is 9.59 Å². The lowest BCUT2D eigenvalue weighted by atomic mass is 9.70. The van der Waals surface area contributed by atoms with Crippen molar-refractivity contribution in [2.24, 2.45) is 11.8 Å². The molecule has 12 heteroatoms. The summed E-state index contributed by atoms with van der Waals surface area (Å²) in [5, 5.41) is 14.2. The molecular formula is C43H48ClN3O8. The number of ether oxygens (including phenoxy) is 3. The Balaban J connectivity index is 1.39. The highest BCUT2D eigenvalue weighted by Gasteiger charge is 2.76. The van der Waals surface area contributed by atoms with Crippen molar-refractivity contribution in [3.8, 4) is 0 Å². The fourth-order valence-electron chi connectivity index (χ4n) is 8.55. The third kappa shape index (κ3) is 7.98. The minimum Gasteiger partial charge on any atom is -0.455 e. The van der Waals surface area contributed by atoms with E-state index in [1.807, 2.05) is 36.4 Å². The number of nitrogens with one attached hydrogen (secondary N) is 1. The number of para-hydroxylation sites is 1. The minimum absolute atomic E-state index is 0.0345. The number of carbonyl (C=O) groups excluding carboxylic acids is 4. The van der Waals surface area contributed by atoms with Crippen LogP contribution in [0.5, 0.6) is 0 Å². The minimum atomic E-state index is -1.40. The van der Waals surface area contributed by atoms with E-state index in [2.05, 4.69) is 18.5 Å². The van der Waals surface area contributed by atoms with Crippen molar-refractivity contribution in [1.29, 1.82) is 0 Å². The van der Waals surface area contributed by atoms with Gasteiger partial charge in [-0.15, -0.1) is 13.2 Å². The number of halogens is 1. The Hall–Kier alpha value is -4.81. The number of amides is 3. The number of methoxy groups -OCH3 is 1. The normalized spacial score (nSPS) is 24.1. The largest absolute Gasteiger partial charge is 0.455 e. The molecule has 290 valence electrons. The van der Waals surface area contributed by atoms with Gasteiger partial charge >= 0.3 is 5.97 Å². The Morgan fingerprint density at radius 3 is 2.40 bits per heavy atom. The fraction of sp³-hybridized carbons (Fsp3) is 0.395. The summed E-state index contributed by atoms with van der Waals surface area (Å²) in [5.41, 5.74) is 0.505. The molecule has 0 saturated carbocycles. The number of aliphatic hydroxyl groups is 1. The molecule has 3 heterocycles. The van der Waals surface area contributed by atoms with Crippen LogP contribution in [0.1, 0.15) is 42.9 Å². The van der Waals surface area contributed by atoms with E-state index in [1.165, 1.54) is 16.9 Å². The number of esters is 1. The molecule has 3 aliphatic heterocycles. The lowest BCUT2D eigenvalue weighted by Crippen LogP contribution is -2.59. The van der Waals surface area contributed by atoms with Gasteiger partial charge < -0.3 is 34.4 Å². The summed E-state index contributed by atoms with van der Waals surface area (Å²) in [4.78, 5) is 60.7. The third-order valence-corrected chi connectivity index (χ3v) is 11.2. The van der Waals surface area contributed by atoms with Crippen LogP contribution in [0.4, 0.5) is 5.69 Å². The van der Waals surface area contributed by atoms with Crippen molar-refractivity contribution in [2.75, 3.05) is 31.8 Å². The molecular weight excluding hydrogens is 722 g/mol. The summed E-state index contributed by atoms with van der Waals surface area (Å²) >= 11 is 6.64. The first-order chi connectivity index (χ1) is 26.7. The Bertz CT molecular complexity index is 1860. The van der Waals surface area contributed by atoms with Crippen LogP contribution in [-0.2, 0) is 39.8 Å². The molecule has 1 spiro atoms. The number of allylic oxidation sites excluding steroid dienone is 1. The van der Waals surface area contributed by atoms with Crippen LogP contribution in [0.15, 0.2) is 110 Å². The summed E-state index contributed by atoms with van der Waals surface area (Å²) in [6, 6.07) is 22.6. The molecule has 0 radical (unpaired) electrons. The van der Waals surface area contributed by atoms with E-state index in [-0.39, 0.29) is 31.9 Å². The molecule has 3 aromatic carbocycles. The monoisotopic (exact) mass is 769 g/mol. The number of anilines is 1. The van der Waals surface area contributed by atoms with Crippen molar-refractivity contribution < 1.29 is 38.5 Å². The van der Waals surface area contributed by atoms with E-state index in [0.717, 1.165) is 5.56 Å². The molecule has 11 nitrogen and oxygen atoms in total. The van der Waals surface area contributed by atoms with Gasteiger partial charge in [0, 0.05) is 20.1 Å². The first-order valence-corrected chi connectivity index (χ1v) is 19.0. The second-order valence-corrected chi connectivity index (χ2v) is 14.6. The third-order valence-electron chi connectivity index (χ3n) is 10.9. The first kappa shape index (κ1) is 39.9. The molecule has 3 aliphatic rings. The average molecular weight is 770 g/mol. The van der Waals surface area contributed by atoms with Gasteiger partial charge in [0.1, 0.15) is 17.7 Å². The van der Waals surface area contributed by atoms with Crippen molar-refractivity contribution in [2.45, 2.75) is 68.0 Å². The number of nitrogens with zero attached hydrogens (tertiary/aromatic N) is 2. The van der Waals surface area contributed by atoms with Crippen LogP contribution in [0, 0.1) is 11.8 Å². The van der Waals surface area contributed by atoms with E-state index < -0.39 is 72.2 Å². The lowest BCUT2D eigenvalue weighted by Gasteiger charge is -2.39. The Labute approximate surface area is 326 Å². The summed E-state index contributed by atoms with van der Waals surface area (Å²) in [6.07, 6.45) is 3.16.